The Morgan fingerprint density at radius 2 is 2.54 bits per heavy atom. The normalized spacial score (nSPS) is 9.31. The van der Waals surface area contributed by atoms with Crippen molar-refractivity contribution in [2.45, 2.75) is 13.8 Å². The van der Waals surface area contributed by atoms with E-state index in [4.69, 9.17) is 6.42 Å². The van der Waals surface area contributed by atoms with Gasteiger partial charge in [0.05, 0.1) is 5.69 Å². The molecule has 0 fully saturated rings. The summed E-state index contributed by atoms with van der Waals surface area (Å²) >= 11 is 1.42. The van der Waals surface area contributed by atoms with Gasteiger partial charge in [-0.1, -0.05) is 0 Å². The van der Waals surface area contributed by atoms with E-state index in [1.165, 1.54) is 16.2 Å². The number of carbonyl (C=O) groups is 1. The molecule has 1 aromatic heterocycles. The van der Waals surface area contributed by atoms with E-state index >= 15 is 0 Å². The maximum Gasteiger partial charge on any atom is 0.304 e. The molecule has 4 heteroatoms. The van der Waals surface area contributed by atoms with Crippen molar-refractivity contribution < 1.29 is 4.79 Å². The van der Waals surface area contributed by atoms with Gasteiger partial charge in [0.25, 0.3) is 0 Å². The van der Waals surface area contributed by atoms with Gasteiger partial charge in [0, 0.05) is 11.9 Å². The Labute approximate surface area is 81.4 Å². The summed E-state index contributed by atoms with van der Waals surface area (Å²) in [7, 11) is 0. The molecule has 0 N–H and O–H groups in total. The van der Waals surface area contributed by atoms with Gasteiger partial charge in [-0.15, -0.1) is 17.8 Å². The summed E-state index contributed by atoms with van der Waals surface area (Å²) in [6, 6.07) is 0. The molecule has 0 saturated carbocycles. The lowest BCUT2D eigenvalue weighted by molar-refractivity contribution is -0.113. The molecule has 3 nitrogen and oxygen atoms in total. The monoisotopic (exact) mass is 194 g/mol. The van der Waals surface area contributed by atoms with Crippen LogP contribution in [-0.4, -0.2) is 17.4 Å². The van der Waals surface area contributed by atoms with Crippen molar-refractivity contribution in [1.82, 2.24) is 4.98 Å². The van der Waals surface area contributed by atoms with Crippen LogP contribution in [0.5, 0.6) is 0 Å². The Kier molecular flexibility index (Phi) is 3.04. The molecule has 0 spiro atoms. The predicted molar refractivity (Wildman–Crippen MR) is 53.7 cm³/mol. The number of anilines is 1. The molecule has 1 heterocycles. The minimum absolute atomic E-state index is 0.336. The number of rotatable bonds is 2. The first-order valence-electron chi connectivity index (χ1n) is 3.89. The van der Waals surface area contributed by atoms with Crippen LogP contribution in [0, 0.1) is 19.3 Å². The average Bonchev–Trinajstić information content (AvgIpc) is 2.53. The molecular weight excluding hydrogens is 184 g/mol. The second kappa shape index (κ2) is 4.06. The summed E-state index contributed by atoms with van der Waals surface area (Å²) in [5.74, 6) is 1.74. The molecule has 1 rings (SSSR count). The molecule has 0 unspecified atom stereocenters. The number of thiazole rings is 1. The number of carbonyl (C=O) groups excluding carboxylic acids is 1. The van der Waals surface area contributed by atoms with Crippen molar-refractivity contribution in [3.05, 3.63) is 11.1 Å². The van der Waals surface area contributed by atoms with Gasteiger partial charge in [0.2, 0.25) is 0 Å². The van der Waals surface area contributed by atoms with Crippen LogP contribution >= 0.6 is 11.3 Å². The van der Waals surface area contributed by atoms with Crippen LogP contribution < -0.4 is 4.90 Å². The van der Waals surface area contributed by atoms with Gasteiger partial charge >= 0.3 is 5.91 Å². The second-order valence-electron chi connectivity index (χ2n) is 2.47. The summed E-state index contributed by atoms with van der Waals surface area (Å²) < 4.78 is 0. The number of hydrogen-bond donors (Lipinski definition) is 0. The fourth-order valence-corrected chi connectivity index (χ4v) is 1.77. The van der Waals surface area contributed by atoms with Crippen LogP contribution in [0.25, 0.3) is 0 Å². The first-order valence-corrected chi connectivity index (χ1v) is 4.77. The van der Waals surface area contributed by atoms with E-state index in [-0.39, 0.29) is 5.91 Å². The van der Waals surface area contributed by atoms with E-state index in [2.05, 4.69) is 10.9 Å². The highest BCUT2D eigenvalue weighted by Crippen LogP contribution is 2.19. The highest BCUT2D eigenvalue weighted by Gasteiger charge is 2.13. The van der Waals surface area contributed by atoms with Crippen molar-refractivity contribution in [2.75, 3.05) is 11.4 Å². The Morgan fingerprint density at radius 3 is 2.92 bits per heavy atom. The minimum atomic E-state index is -0.336. The molecule has 1 aromatic rings. The van der Waals surface area contributed by atoms with Gasteiger partial charge in [0.15, 0.2) is 5.13 Å². The fourth-order valence-electron chi connectivity index (χ4n) is 0.909. The van der Waals surface area contributed by atoms with Crippen LogP contribution in [0.15, 0.2) is 5.38 Å². The fraction of sp³-hybridized carbons (Fsp3) is 0.333. The largest absolute Gasteiger partial charge is 0.304 e. The van der Waals surface area contributed by atoms with Crippen molar-refractivity contribution in [3.63, 3.8) is 0 Å². The Balaban J connectivity index is 2.92. The number of amides is 1. The van der Waals surface area contributed by atoms with Crippen LogP contribution in [0.3, 0.4) is 0 Å². The summed E-state index contributed by atoms with van der Waals surface area (Å²) in [4.78, 5) is 16.9. The molecule has 68 valence electrons. The van der Waals surface area contributed by atoms with Gasteiger partial charge in [-0.2, -0.15) is 0 Å². The lowest BCUT2D eigenvalue weighted by Crippen LogP contribution is -2.28. The zero-order valence-electron chi connectivity index (χ0n) is 7.57. The van der Waals surface area contributed by atoms with Crippen LogP contribution in [0.1, 0.15) is 12.6 Å². The third-order valence-electron chi connectivity index (χ3n) is 1.52. The van der Waals surface area contributed by atoms with Crippen molar-refractivity contribution in [1.29, 1.82) is 0 Å². The molecule has 0 atom stereocenters. The van der Waals surface area contributed by atoms with E-state index in [0.29, 0.717) is 11.7 Å². The zero-order chi connectivity index (χ0) is 9.84. The third-order valence-corrected chi connectivity index (χ3v) is 2.50. The summed E-state index contributed by atoms with van der Waals surface area (Å²) in [5, 5.41) is 2.56. The number of aromatic nitrogens is 1. The van der Waals surface area contributed by atoms with Crippen molar-refractivity contribution >= 4 is 22.4 Å². The van der Waals surface area contributed by atoms with Crippen LogP contribution in [0.2, 0.25) is 0 Å². The summed E-state index contributed by atoms with van der Waals surface area (Å²) in [5.41, 5.74) is 0.906. The predicted octanol–water partition coefficient (Wildman–Crippen LogP) is 1.44. The van der Waals surface area contributed by atoms with Gasteiger partial charge in [0.1, 0.15) is 0 Å². The van der Waals surface area contributed by atoms with Gasteiger partial charge in [-0.25, -0.2) is 4.98 Å². The molecular formula is C9H10N2OS. The molecule has 1 amide bonds. The first-order chi connectivity index (χ1) is 6.19. The number of terminal acetylenes is 1. The van der Waals surface area contributed by atoms with Crippen LogP contribution in [-0.2, 0) is 4.79 Å². The topological polar surface area (TPSA) is 33.2 Å². The van der Waals surface area contributed by atoms with Crippen LogP contribution in [0.4, 0.5) is 5.13 Å². The van der Waals surface area contributed by atoms with E-state index in [1.54, 1.807) is 0 Å². The molecule has 0 aliphatic rings. The highest BCUT2D eigenvalue weighted by molar-refractivity contribution is 7.14. The van der Waals surface area contributed by atoms with E-state index in [9.17, 15) is 4.79 Å². The standard InChI is InChI=1S/C9H10N2OS/c1-4-8(12)11(5-2)9-10-7(3)6-13-9/h1,6H,5H2,2-3H3. The number of hydrogen-bond acceptors (Lipinski definition) is 3. The smallest absolute Gasteiger partial charge is 0.277 e. The summed E-state index contributed by atoms with van der Waals surface area (Å²) in [6.07, 6.45) is 5.03. The molecule has 0 radical (unpaired) electrons. The maximum absolute atomic E-state index is 11.2. The zero-order valence-corrected chi connectivity index (χ0v) is 8.39. The van der Waals surface area contributed by atoms with Gasteiger partial charge in [-0.3, -0.25) is 9.69 Å². The quantitative estimate of drug-likeness (QED) is 0.667. The molecule has 0 aromatic carbocycles. The maximum atomic E-state index is 11.2. The van der Waals surface area contributed by atoms with Gasteiger partial charge < -0.3 is 0 Å². The molecule has 0 aliphatic heterocycles. The van der Waals surface area contributed by atoms with E-state index < -0.39 is 0 Å². The SMILES string of the molecule is C#CC(=O)N(CC)c1nc(C)cs1. The lowest BCUT2D eigenvalue weighted by Gasteiger charge is -2.13. The van der Waals surface area contributed by atoms with Crippen molar-refractivity contribution in [3.8, 4) is 12.3 Å². The minimum Gasteiger partial charge on any atom is -0.277 e. The Morgan fingerprint density at radius 1 is 1.85 bits per heavy atom. The molecule has 0 saturated heterocycles. The summed E-state index contributed by atoms with van der Waals surface area (Å²) in [6.45, 7) is 4.30. The number of aryl methyl sites for hydroxylation is 1. The first kappa shape index (κ1) is 9.75. The number of nitrogens with zero attached hydrogens (tertiary/aromatic N) is 2. The average molecular weight is 194 g/mol. The molecule has 0 bridgehead atoms. The lowest BCUT2D eigenvalue weighted by atomic mass is 10.5. The third kappa shape index (κ3) is 2.07. The second-order valence-corrected chi connectivity index (χ2v) is 3.30. The van der Waals surface area contributed by atoms with E-state index in [0.717, 1.165) is 5.69 Å². The Hall–Kier alpha value is -1.34. The highest BCUT2D eigenvalue weighted by atomic mass is 32.1. The Bertz CT molecular complexity index is 351. The molecule has 0 aliphatic carbocycles. The molecule has 13 heavy (non-hydrogen) atoms. The van der Waals surface area contributed by atoms with Gasteiger partial charge in [-0.05, 0) is 19.8 Å². The van der Waals surface area contributed by atoms with Crippen molar-refractivity contribution in [2.24, 2.45) is 0 Å². The van der Waals surface area contributed by atoms with E-state index in [1.807, 2.05) is 19.2 Å².